The van der Waals surface area contributed by atoms with Crippen molar-refractivity contribution >= 4 is 17.9 Å². The molecule has 0 aliphatic rings. The van der Waals surface area contributed by atoms with E-state index in [4.69, 9.17) is 10.8 Å². The Morgan fingerprint density at radius 3 is 2.25 bits per heavy atom. The SMILES string of the molecule is CC(NC(=O)NCC(C)(C)C(N)=O)C(=O)O. The van der Waals surface area contributed by atoms with Gasteiger partial charge in [0.25, 0.3) is 0 Å². The lowest BCUT2D eigenvalue weighted by atomic mass is 9.93. The minimum Gasteiger partial charge on any atom is -0.480 e. The third kappa shape index (κ3) is 4.63. The first kappa shape index (κ1) is 14.2. The second-order valence-electron chi connectivity index (χ2n) is 4.14. The Kier molecular flexibility index (Phi) is 4.74. The van der Waals surface area contributed by atoms with Gasteiger partial charge in [0, 0.05) is 6.54 Å². The van der Waals surface area contributed by atoms with Crippen LogP contribution in [0.2, 0.25) is 0 Å². The number of urea groups is 1. The summed E-state index contributed by atoms with van der Waals surface area (Å²) in [6.45, 7) is 4.54. The fourth-order valence-corrected chi connectivity index (χ4v) is 0.698. The van der Waals surface area contributed by atoms with Gasteiger partial charge in [-0.1, -0.05) is 0 Å². The van der Waals surface area contributed by atoms with Crippen LogP contribution >= 0.6 is 0 Å². The number of carboxylic acids is 1. The zero-order valence-corrected chi connectivity index (χ0v) is 9.53. The number of hydrogen-bond acceptors (Lipinski definition) is 3. The molecule has 0 saturated carbocycles. The van der Waals surface area contributed by atoms with E-state index in [1.807, 2.05) is 0 Å². The molecule has 0 radical (unpaired) electrons. The molecule has 16 heavy (non-hydrogen) atoms. The number of hydrogen-bond donors (Lipinski definition) is 4. The monoisotopic (exact) mass is 231 g/mol. The molecule has 5 N–H and O–H groups in total. The third-order valence-electron chi connectivity index (χ3n) is 2.08. The molecule has 7 nitrogen and oxygen atoms in total. The molecule has 0 aromatic rings. The largest absolute Gasteiger partial charge is 0.480 e. The minimum atomic E-state index is -1.13. The van der Waals surface area contributed by atoms with Crippen molar-refractivity contribution in [3.8, 4) is 0 Å². The number of nitrogens with one attached hydrogen (secondary N) is 2. The van der Waals surface area contributed by atoms with E-state index in [0.717, 1.165) is 0 Å². The predicted octanol–water partition coefficient (Wildman–Crippen LogP) is -0.730. The van der Waals surface area contributed by atoms with Gasteiger partial charge >= 0.3 is 12.0 Å². The predicted molar refractivity (Wildman–Crippen MR) is 56.6 cm³/mol. The molecule has 0 aromatic carbocycles. The van der Waals surface area contributed by atoms with E-state index in [0.29, 0.717) is 0 Å². The van der Waals surface area contributed by atoms with Crippen LogP contribution in [0, 0.1) is 5.41 Å². The zero-order chi connectivity index (χ0) is 12.9. The van der Waals surface area contributed by atoms with Crippen LogP contribution in [-0.2, 0) is 9.59 Å². The summed E-state index contributed by atoms with van der Waals surface area (Å²) in [7, 11) is 0. The Bertz CT molecular complexity index is 301. The van der Waals surface area contributed by atoms with Crippen molar-refractivity contribution in [2.24, 2.45) is 11.1 Å². The molecule has 0 rings (SSSR count). The van der Waals surface area contributed by atoms with Crippen LogP contribution in [0.1, 0.15) is 20.8 Å². The lowest BCUT2D eigenvalue weighted by Gasteiger charge is -2.21. The van der Waals surface area contributed by atoms with Crippen LogP contribution in [0.4, 0.5) is 4.79 Å². The molecular formula is C9H17N3O4. The Hall–Kier alpha value is -1.79. The van der Waals surface area contributed by atoms with Crippen LogP contribution in [-0.4, -0.2) is 35.6 Å². The Morgan fingerprint density at radius 1 is 1.38 bits per heavy atom. The smallest absolute Gasteiger partial charge is 0.325 e. The van der Waals surface area contributed by atoms with Crippen molar-refractivity contribution in [2.75, 3.05) is 6.54 Å². The first-order chi connectivity index (χ1) is 7.16. The van der Waals surface area contributed by atoms with Gasteiger partial charge in [-0.05, 0) is 20.8 Å². The number of carboxylic acid groups (broad SMARTS) is 1. The molecule has 7 heteroatoms. The zero-order valence-electron chi connectivity index (χ0n) is 9.53. The summed E-state index contributed by atoms with van der Waals surface area (Å²) in [5.41, 5.74) is 4.23. The third-order valence-corrected chi connectivity index (χ3v) is 2.08. The van der Waals surface area contributed by atoms with Crippen molar-refractivity contribution in [1.82, 2.24) is 10.6 Å². The summed E-state index contributed by atoms with van der Waals surface area (Å²) in [5, 5.41) is 13.1. The highest BCUT2D eigenvalue weighted by atomic mass is 16.4. The summed E-state index contributed by atoms with van der Waals surface area (Å²) in [6.07, 6.45) is 0. The molecule has 0 bridgehead atoms. The van der Waals surface area contributed by atoms with Gasteiger partial charge in [0.1, 0.15) is 6.04 Å². The number of rotatable bonds is 5. The summed E-state index contributed by atoms with van der Waals surface area (Å²) >= 11 is 0. The van der Waals surface area contributed by atoms with Gasteiger partial charge in [-0.3, -0.25) is 9.59 Å². The minimum absolute atomic E-state index is 0.0422. The lowest BCUT2D eigenvalue weighted by molar-refractivity contribution is -0.138. The van der Waals surface area contributed by atoms with Crippen molar-refractivity contribution in [1.29, 1.82) is 0 Å². The van der Waals surface area contributed by atoms with Crippen molar-refractivity contribution in [3.05, 3.63) is 0 Å². The standard InChI is InChI=1S/C9H17N3O4/c1-5(6(13)14)12-8(16)11-4-9(2,3)7(10)15/h5H,4H2,1-3H3,(H2,10,15)(H,13,14)(H2,11,12,16). The molecule has 3 amide bonds. The quantitative estimate of drug-likeness (QED) is 0.498. The van der Waals surface area contributed by atoms with Crippen LogP contribution in [0.25, 0.3) is 0 Å². The van der Waals surface area contributed by atoms with E-state index in [-0.39, 0.29) is 6.54 Å². The number of carbonyl (C=O) groups is 3. The summed E-state index contributed by atoms with van der Waals surface area (Å²) in [5.74, 6) is -1.68. The molecular weight excluding hydrogens is 214 g/mol. The molecule has 0 heterocycles. The maximum atomic E-state index is 11.2. The molecule has 92 valence electrons. The fourth-order valence-electron chi connectivity index (χ4n) is 0.698. The lowest BCUT2D eigenvalue weighted by Crippen LogP contribution is -2.49. The average molecular weight is 231 g/mol. The fraction of sp³-hybridized carbons (Fsp3) is 0.667. The Labute approximate surface area is 93.4 Å². The highest BCUT2D eigenvalue weighted by Crippen LogP contribution is 2.11. The molecule has 0 spiro atoms. The first-order valence-corrected chi connectivity index (χ1v) is 4.74. The maximum absolute atomic E-state index is 11.2. The molecule has 0 fully saturated rings. The van der Waals surface area contributed by atoms with Gasteiger partial charge in [-0.2, -0.15) is 0 Å². The molecule has 0 aromatic heterocycles. The van der Waals surface area contributed by atoms with Gasteiger partial charge in [-0.25, -0.2) is 4.79 Å². The van der Waals surface area contributed by atoms with Crippen molar-refractivity contribution in [2.45, 2.75) is 26.8 Å². The van der Waals surface area contributed by atoms with Gasteiger partial charge in [0.05, 0.1) is 5.41 Å². The van der Waals surface area contributed by atoms with Gasteiger partial charge in [0.2, 0.25) is 5.91 Å². The number of aliphatic carboxylic acids is 1. The van der Waals surface area contributed by atoms with E-state index < -0.39 is 29.4 Å². The second kappa shape index (κ2) is 5.34. The Balaban J connectivity index is 4.09. The number of carbonyl (C=O) groups excluding carboxylic acids is 2. The molecule has 1 atom stereocenters. The highest BCUT2D eigenvalue weighted by molar-refractivity contribution is 5.83. The van der Waals surface area contributed by atoms with Gasteiger partial charge < -0.3 is 21.5 Å². The maximum Gasteiger partial charge on any atom is 0.325 e. The summed E-state index contributed by atoms with van der Waals surface area (Å²) in [6, 6.07) is -1.64. The number of nitrogens with two attached hydrogens (primary N) is 1. The molecule has 0 saturated heterocycles. The summed E-state index contributed by atoms with van der Waals surface area (Å²) in [4.78, 5) is 32.5. The van der Waals surface area contributed by atoms with Crippen molar-refractivity contribution < 1.29 is 19.5 Å². The second-order valence-corrected chi connectivity index (χ2v) is 4.14. The summed E-state index contributed by atoms with van der Waals surface area (Å²) < 4.78 is 0. The van der Waals surface area contributed by atoms with Crippen molar-refractivity contribution in [3.63, 3.8) is 0 Å². The van der Waals surface area contributed by atoms with Gasteiger partial charge in [0.15, 0.2) is 0 Å². The molecule has 1 unspecified atom stereocenters. The molecule has 0 aliphatic carbocycles. The van der Waals surface area contributed by atoms with Gasteiger partial charge in [-0.15, -0.1) is 0 Å². The van der Waals surface area contributed by atoms with E-state index in [1.54, 1.807) is 13.8 Å². The number of amides is 3. The van der Waals surface area contributed by atoms with E-state index in [2.05, 4.69) is 10.6 Å². The van der Waals surface area contributed by atoms with Crippen LogP contribution < -0.4 is 16.4 Å². The van der Waals surface area contributed by atoms with E-state index in [1.165, 1.54) is 6.92 Å². The van der Waals surface area contributed by atoms with E-state index in [9.17, 15) is 14.4 Å². The van der Waals surface area contributed by atoms with Crippen LogP contribution in [0.3, 0.4) is 0 Å². The van der Waals surface area contributed by atoms with E-state index >= 15 is 0 Å². The number of primary amides is 1. The highest BCUT2D eigenvalue weighted by Gasteiger charge is 2.25. The topological polar surface area (TPSA) is 122 Å². The van der Waals surface area contributed by atoms with Crippen LogP contribution in [0.5, 0.6) is 0 Å². The first-order valence-electron chi connectivity index (χ1n) is 4.74. The molecule has 0 aliphatic heterocycles. The normalized spacial score (nSPS) is 12.7. The van der Waals surface area contributed by atoms with Crippen LogP contribution in [0.15, 0.2) is 0 Å². The average Bonchev–Trinajstić information content (AvgIpc) is 2.14. The Morgan fingerprint density at radius 2 is 1.88 bits per heavy atom.